The molecule has 1 amide bonds. The number of aliphatic carboxylic acids is 1. The highest BCUT2D eigenvalue weighted by molar-refractivity contribution is 7.13. The number of anilines is 3. The number of rotatable bonds is 7. The van der Waals surface area contributed by atoms with Crippen LogP contribution in [0.4, 0.5) is 16.8 Å². The summed E-state index contributed by atoms with van der Waals surface area (Å²) in [7, 11) is 0. The molecule has 3 aromatic rings. The first-order valence-electron chi connectivity index (χ1n) is 9.56. The van der Waals surface area contributed by atoms with E-state index in [1.54, 1.807) is 5.51 Å². The lowest BCUT2D eigenvalue weighted by Gasteiger charge is -2.28. The van der Waals surface area contributed by atoms with Crippen molar-refractivity contribution in [3.05, 3.63) is 41.2 Å². The lowest BCUT2D eigenvalue weighted by atomic mass is 9.77. The van der Waals surface area contributed by atoms with Crippen LogP contribution in [0, 0.1) is 5.92 Å². The van der Waals surface area contributed by atoms with E-state index in [2.05, 4.69) is 31.0 Å². The van der Waals surface area contributed by atoms with Crippen molar-refractivity contribution in [2.75, 3.05) is 10.6 Å². The van der Waals surface area contributed by atoms with Crippen LogP contribution >= 0.6 is 11.3 Å². The zero-order valence-electron chi connectivity index (χ0n) is 15.9. The Balaban J connectivity index is 1.31. The number of hydrogen-bond acceptors (Lipinski definition) is 9. The number of aromatic nitrogens is 4. The highest BCUT2D eigenvalue weighted by Gasteiger charge is 2.24. The highest BCUT2D eigenvalue weighted by Crippen LogP contribution is 2.37. The van der Waals surface area contributed by atoms with Crippen molar-refractivity contribution in [1.82, 2.24) is 20.4 Å². The van der Waals surface area contributed by atoms with Crippen LogP contribution < -0.4 is 10.6 Å². The Morgan fingerprint density at radius 3 is 2.53 bits per heavy atom. The molecule has 156 valence electrons. The Morgan fingerprint density at radius 2 is 1.87 bits per heavy atom. The van der Waals surface area contributed by atoms with Gasteiger partial charge in [0.15, 0.2) is 0 Å². The summed E-state index contributed by atoms with van der Waals surface area (Å²) in [5.74, 6) is -0.692. The van der Waals surface area contributed by atoms with E-state index < -0.39 is 11.9 Å². The molecule has 0 saturated heterocycles. The summed E-state index contributed by atoms with van der Waals surface area (Å²) in [6.45, 7) is 0. The third-order valence-corrected chi connectivity index (χ3v) is 5.75. The van der Waals surface area contributed by atoms with Crippen LogP contribution in [0.5, 0.6) is 0 Å². The molecule has 0 aliphatic heterocycles. The van der Waals surface area contributed by atoms with E-state index in [1.807, 2.05) is 24.3 Å². The van der Waals surface area contributed by atoms with Gasteiger partial charge in [-0.15, -0.1) is 15.3 Å². The van der Waals surface area contributed by atoms with E-state index in [9.17, 15) is 9.59 Å². The van der Waals surface area contributed by atoms with Crippen LogP contribution in [0.25, 0.3) is 0 Å². The molecule has 1 aliphatic rings. The third kappa shape index (κ3) is 4.98. The van der Waals surface area contributed by atoms with Gasteiger partial charge in [-0.25, -0.2) is 0 Å². The van der Waals surface area contributed by atoms with E-state index in [0.29, 0.717) is 16.7 Å². The molecule has 11 heteroatoms. The van der Waals surface area contributed by atoms with Crippen molar-refractivity contribution in [1.29, 1.82) is 0 Å². The molecule has 1 fully saturated rings. The van der Waals surface area contributed by atoms with Gasteiger partial charge in [-0.3, -0.25) is 14.9 Å². The zero-order chi connectivity index (χ0) is 20.9. The number of nitrogens with zero attached hydrogens (tertiary/aromatic N) is 4. The van der Waals surface area contributed by atoms with Gasteiger partial charge in [-0.05, 0) is 55.2 Å². The van der Waals surface area contributed by atoms with Crippen molar-refractivity contribution < 1.29 is 19.1 Å². The van der Waals surface area contributed by atoms with Crippen molar-refractivity contribution >= 4 is 40.0 Å². The van der Waals surface area contributed by atoms with Crippen LogP contribution in [0.3, 0.4) is 0 Å². The summed E-state index contributed by atoms with van der Waals surface area (Å²) in [5.41, 5.74) is 3.38. The highest BCUT2D eigenvalue weighted by atomic mass is 32.1. The van der Waals surface area contributed by atoms with Crippen molar-refractivity contribution in [2.24, 2.45) is 5.92 Å². The topological polar surface area (TPSA) is 143 Å². The Labute approximate surface area is 175 Å². The minimum Gasteiger partial charge on any atom is -0.481 e. The quantitative estimate of drug-likeness (QED) is 0.513. The van der Waals surface area contributed by atoms with Crippen molar-refractivity contribution in [3.8, 4) is 0 Å². The van der Waals surface area contributed by atoms with Gasteiger partial charge in [-0.2, -0.15) is 0 Å². The number of carbonyl (C=O) groups is 2. The second kappa shape index (κ2) is 8.99. The molecule has 1 aromatic carbocycles. The van der Waals surface area contributed by atoms with Crippen LogP contribution in [-0.2, 0) is 4.79 Å². The number of carboxylic acids is 1. The van der Waals surface area contributed by atoms with Gasteiger partial charge in [0.25, 0.3) is 0 Å². The molecule has 0 bridgehead atoms. The van der Waals surface area contributed by atoms with Gasteiger partial charge < -0.3 is 14.8 Å². The molecule has 0 spiro atoms. The SMILES string of the molecule is O=C(O)CC1CCC(c2ccc(NC(=O)c3nnc(Nc4nncs4)o3)cc2)CC1. The molecule has 3 N–H and O–H groups in total. The summed E-state index contributed by atoms with van der Waals surface area (Å²) >= 11 is 1.27. The summed E-state index contributed by atoms with van der Waals surface area (Å²) in [5, 5.41) is 29.9. The van der Waals surface area contributed by atoms with Gasteiger partial charge in [-0.1, -0.05) is 28.6 Å². The van der Waals surface area contributed by atoms with E-state index in [1.165, 1.54) is 16.9 Å². The maximum Gasteiger partial charge on any atom is 0.322 e. The normalized spacial score (nSPS) is 18.7. The largest absolute Gasteiger partial charge is 0.481 e. The fourth-order valence-corrected chi connectivity index (χ4v) is 4.09. The number of benzene rings is 1. The second-order valence-electron chi connectivity index (χ2n) is 7.17. The van der Waals surface area contributed by atoms with E-state index >= 15 is 0 Å². The smallest absolute Gasteiger partial charge is 0.322 e. The minimum absolute atomic E-state index is 0.0609. The van der Waals surface area contributed by atoms with Crippen LogP contribution in [-0.4, -0.2) is 37.4 Å². The molecule has 10 nitrogen and oxygen atoms in total. The molecule has 1 aliphatic carbocycles. The summed E-state index contributed by atoms with van der Waals surface area (Å²) < 4.78 is 5.30. The molecular weight excluding hydrogens is 408 g/mol. The Hall–Kier alpha value is -3.34. The number of amides is 1. The molecule has 0 unspecified atom stereocenters. The predicted molar refractivity (Wildman–Crippen MR) is 109 cm³/mol. The molecular formula is C19H20N6O4S. The standard InChI is InChI=1S/C19H20N6O4S/c26-15(27)9-11-1-3-12(4-2-11)13-5-7-14(8-6-13)21-16(28)17-23-24-18(29-17)22-19-25-20-10-30-19/h5-8,10-12H,1-4,9H2,(H,21,28)(H,26,27)(H,22,24,25). The van der Waals surface area contributed by atoms with Gasteiger partial charge in [0, 0.05) is 12.1 Å². The fourth-order valence-electron chi connectivity index (χ4n) is 3.65. The summed E-state index contributed by atoms with van der Waals surface area (Å²) in [4.78, 5) is 23.2. The molecule has 0 atom stereocenters. The molecule has 30 heavy (non-hydrogen) atoms. The molecule has 0 radical (unpaired) electrons. The number of carboxylic acid groups (broad SMARTS) is 1. The second-order valence-corrected chi connectivity index (χ2v) is 8.01. The number of nitrogens with one attached hydrogen (secondary N) is 2. The van der Waals surface area contributed by atoms with Crippen LogP contribution in [0.15, 0.2) is 34.2 Å². The third-order valence-electron chi connectivity index (χ3n) is 5.14. The maximum absolute atomic E-state index is 12.3. The lowest BCUT2D eigenvalue weighted by molar-refractivity contribution is -0.138. The van der Waals surface area contributed by atoms with Crippen LogP contribution in [0.1, 0.15) is 54.3 Å². The lowest BCUT2D eigenvalue weighted by Crippen LogP contribution is -2.16. The Bertz CT molecular complexity index is 996. The van der Waals surface area contributed by atoms with E-state index in [0.717, 1.165) is 25.7 Å². The predicted octanol–water partition coefficient (Wildman–Crippen LogP) is 3.67. The Morgan fingerprint density at radius 1 is 1.10 bits per heavy atom. The average Bonchev–Trinajstić information content (AvgIpc) is 3.41. The van der Waals surface area contributed by atoms with Gasteiger partial charge in [0.1, 0.15) is 5.51 Å². The number of hydrogen-bond donors (Lipinski definition) is 3. The first-order chi connectivity index (χ1) is 14.6. The van der Waals surface area contributed by atoms with E-state index in [-0.39, 0.29) is 24.2 Å². The van der Waals surface area contributed by atoms with Crippen LogP contribution in [0.2, 0.25) is 0 Å². The average molecular weight is 428 g/mol. The monoisotopic (exact) mass is 428 g/mol. The molecule has 1 saturated carbocycles. The number of carbonyl (C=O) groups excluding carboxylic acids is 1. The van der Waals surface area contributed by atoms with Gasteiger partial charge in [0.2, 0.25) is 5.13 Å². The van der Waals surface area contributed by atoms with Crippen molar-refractivity contribution in [3.63, 3.8) is 0 Å². The van der Waals surface area contributed by atoms with Gasteiger partial charge >= 0.3 is 23.8 Å². The van der Waals surface area contributed by atoms with Gasteiger partial charge in [0.05, 0.1) is 0 Å². The zero-order valence-corrected chi connectivity index (χ0v) is 16.8. The van der Waals surface area contributed by atoms with E-state index in [4.69, 9.17) is 9.52 Å². The Kier molecular flexibility index (Phi) is 5.98. The maximum atomic E-state index is 12.3. The molecule has 2 heterocycles. The summed E-state index contributed by atoms with van der Waals surface area (Å²) in [6.07, 6.45) is 4.08. The molecule has 2 aromatic heterocycles. The first kappa shape index (κ1) is 20.0. The van der Waals surface area contributed by atoms with Crippen molar-refractivity contribution in [2.45, 2.75) is 38.0 Å². The summed E-state index contributed by atoms with van der Waals surface area (Å²) in [6, 6.07) is 7.73. The minimum atomic E-state index is -0.720. The fraction of sp³-hybridized carbons (Fsp3) is 0.368. The first-order valence-corrected chi connectivity index (χ1v) is 10.4. The molecule has 4 rings (SSSR count).